The van der Waals surface area contributed by atoms with Gasteiger partial charge in [0.2, 0.25) is 0 Å². The highest BCUT2D eigenvalue weighted by atomic mass is 127. The number of carboxylic acid groups (broad SMARTS) is 1. The third-order valence-corrected chi connectivity index (χ3v) is 3.50. The van der Waals surface area contributed by atoms with Crippen LogP contribution in [0.25, 0.3) is 0 Å². The van der Waals surface area contributed by atoms with Crippen LogP contribution in [0.5, 0.6) is 0 Å². The Morgan fingerprint density at radius 1 is 1.37 bits per heavy atom. The molecule has 7 heteroatoms. The van der Waals surface area contributed by atoms with Crippen molar-refractivity contribution < 1.29 is 19.4 Å². The largest absolute Gasteiger partial charge is 0.465 e. The van der Waals surface area contributed by atoms with Crippen molar-refractivity contribution in [3.63, 3.8) is 0 Å². The number of anilines is 1. The van der Waals surface area contributed by atoms with E-state index in [0.717, 1.165) is 3.57 Å². The zero-order valence-electron chi connectivity index (χ0n) is 10.0. The molecule has 1 aromatic carbocycles. The van der Waals surface area contributed by atoms with E-state index in [-0.39, 0.29) is 12.6 Å². The molecule has 0 saturated carbocycles. The monoisotopic (exact) mass is 376 g/mol. The molecule has 0 spiro atoms. The number of nitrogens with one attached hydrogen (secondary N) is 1. The molecule has 1 heterocycles. The number of halogens is 1. The van der Waals surface area contributed by atoms with Gasteiger partial charge in [0.1, 0.15) is 6.10 Å². The minimum atomic E-state index is -0.982. The van der Waals surface area contributed by atoms with E-state index in [9.17, 15) is 9.59 Å². The van der Waals surface area contributed by atoms with Crippen molar-refractivity contribution in [3.05, 3.63) is 27.8 Å². The van der Waals surface area contributed by atoms with E-state index in [2.05, 4.69) is 27.9 Å². The predicted octanol–water partition coefficient (Wildman–Crippen LogP) is 2.59. The Morgan fingerprint density at radius 2 is 2.05 bits per heavy atom. The van der Waals surface area contributed by atoms with Crippen molar-refractivity contribution in [1.29, 1.82) is 0 Å². The first-order chi connectivity index (χ1) is 9.04. The molecular formula is C12H13IN2O4. The Balaban J connectivity index is 1.82. The normalized spacial score (nSPS) is 18.2. The van der Waals surface area contributed by atoms with Gasteiger partial charge in [-0.3, -0.25) is 5.32 Å². The van der Waals surface area contributed by atoms with Crippen LogP contribution in [-0.2, 0) is 4.74 Å². The van der Waals surface area contributed by atoms with Crippen LogP contribution in [0.3, 0.4) is 0 Å². The summed E-state index contributed by atoms with van der Waals surface area (Å²) >= 11 is 2.17. The second-order valence-corrected chi connectivity index (χ2v) is 5.42. The summed E-state index contributed by atoms with van der Waals surface area (Å²) in [7, 11) is 0. The van der Waals surface area contributed by atoms with Crippen LogP contribution < -0.4 is 5.32 Å². The lowest BCUT2D eigenvalue weighted by molar-refractivity contribution is 0.109. The van der Waals surface area contributed by atoms with E-state index in [0.29, 0.717) is 18.7 Å². The lowest BCUT2D eigenvalue weighted by Gasteiger charge is -2.13. The van der Waals surface area contributed by atoms with Crippen LogP contribution in [0.4, 0.5) is 15.3 Å². The third kappa shape index (κ3) is 3.98. The number of benzene rings is 1. The van der Waals surface area contributed by atoms with Gasteiger partial charge in [-0.2, -0.15) is 0 Å². The lowest BCUT2D eigenvalue weighted by Crippen LogP contribution is -2.30. The maximum atomic E-state index is 11.6. The molecule has 102 valence electrons. The fourth-order valence-corrected chi connectivity index (χ4v) is 2.19. The zero-order chi connectivity index (χ0) is 13.8. The van der Waals surface area contributed by atoms with E-state index in [1.54, 1.807) is 12.1 Å². The van der Waals surface area contributed by atoms with Crippen LogP contribution in [0.15, 0.2) is 24.3 Å². The molecule has 0 radical (unpaired) electrons. The maximum Gasteiger partial charge on any atom is 0.411 e. The maximum absolute atomic E-state index is 11.6. The summed E-state index contributed by atoms with van der Waals surface area (Å²) in [6, 6.07) is 7.30. The van der Waals surface area contributed by atoms with Gasteiger partial charge in [-0.05, 0) is 46.9 Å². The Morgan fingerprint density at radius 3 is 2.63 bits per heavy atom. The second kappa shape index (κ2) is 6.09. The summed E-state index contributed by atoms with van der Waals surface area (Å²) < 4.78 is 6.24. The quantitative estimate of drug-likeness (QED) is 0.778. The summed E-state index contributed by atoms with van der Waals surface area (Å²) in [6.07, 6.45) is -1.38. The van der Waals surface area contributed by atoms with Gasteiger partial charge in [0.15, 0.2) is 0 Å². The van der Waals surface area contributed by atoms with Crippen LogP contribution in [0.2, 0.25) is 0 Å². The molecule has 2 amide bonds. The second-order valence-electron chi connectivity index (χ2n) is 4.18. The predicted molar refractivity (Wildman–Crippen MR) is 77.3 cm³/mol. The summed E-state index contributed by atoms with van der Waals surface area (Å²) in [5.41, 5.74) is 0.651. The highest BCUT2D eigenvalue weighted by Gasteiger charge is 2.28. The molecule has 1 atom stereocenters. The molecule has 1 unspecified atom stereocenters. The highest BCUT2D eigenvalue weighted by molar-refractivity contribution is 14.1. The van der Waals surface area contributed by atoms with Crippen molar-refractivity contribution in [1.82, 2.24) is 4.90 Å². The van der Waals surface area contributed by atoms with Gasteiger partial charge in [0, 0.05) is 22.2 Å². The third-order valence-electron chi connectivity index (χ3n) is 2.78. The minimum Gasteiger partial charge on any atom is -0.465 e. The number of carbonyl (C=O) groups is 2. The SMILES string of the molecule is O=C(Nc1ccc(I)cc1)OC1CCN(C(=O)O)C1. The molecule has 1 saturated heterocycles. The van der Waals surface area contributed by atoms with Crippen LogP contribution in [-0.4, -0.2) is 41.4 Å². The topological polar surface area (TPSA) is 78.9 Å². The standard InChI is InChI=1S/C12H13IN2O4/c13-8-1-3-9(4-2-8)14-11(16)19-10-5-6-15(7-10)12(17)18/h1-4,10H,5-7H2,(H,14,16)(H,17,18). The van der Waals surface area contributed by atoms with Crippen LogP contribution in [0.1, 0.15) is 6.42 Å². The van der Waals surface area contributed by atoms with Gasteiger partial charge in [0.25, 0.3) is 0 Å². The highest BCUT2D eigenvalue weighted by Crippen LogP contribution is 2.15. The Bertz CT molecular complexity index is 477. The fraction of sp³-hybridized carbons (Fsp3) is 0.333. The van der Waals surface area contributed by atoms with Crippen LogP contribution >= 0.6 is 22.6 Å². The van der Waals surface area contributed by atoms with Gasteiger partial charge in [-0.1, -0.05) is 0 Å². The van der Waals surface area contributed by atoms with E-state index in [1.807, 2.05) is 12.1 Å². The minimum absolute atomic E-state index is 0.232. The van der Waals surface area contributed by atoms with Crippen molar-refractivity contribution in [2.45, 2.75) is 12.5 Å². The van der Waals surface area contributed by atoms with Gasteiger partial charge >= 0.3 is 12.2 Å². The lowest BCUT2D eigenvalue weighted by atomic mass is 10.3. The number of ether oxygens (including phenoxy) is 1. The zero-order valence-corrected chi connectivity index (χ0v) is 12.2. The van der Waals surface area contributed by atoms with Crippen molar-refractivity contribution in [2.24, 2.45) is 0 Å². The molecule has 1 fully saturated rings. The number of nitrogens with zero attached hydrogens (tertiary/aromatic N) is 1. The van der Waals surface area contributed by atoms with Crippen molar-refractivity contribution >= 4 is 40.5 Å². The smallest absolute Gasteiger partial charge is 0.411 e. The molecule has 1 aromatic rings. The summed E-state index contributed by atoms with van der Waals surface area (Å²) in [4.78, 5) is 23.6. The molecule has 2 N–H and O–H groups in total. The van der Waals surface area contributed by atoms with E-state index >= 15 is 0 Å². The number of likely N-dealkylation sites (tertiary alicyclic amines) is 1. The van der Waals surface area contributed by atoms with Crippen molar-refractivity contribution in [2.75, 3.05) is 18.4 Å². The van der Waals surface area contributed by atoms with Crippen molar-refractivity contribution in [3.8, 4) is 0 Å². The number of hydrogen-bond acceptors (Lipinski definition) is 3. The molecule has 19 heavy (non-hydrogen) atoms. The van der Waals surface area contributed by atoms with E-state index in [1.165, 1.54) is 4.90 Å². The number of amides is 2. The molecule has 6 nitrogen and oxygen atoms in total. The number of rotatable bonds is 2. The molecule has 0 bridgehead atoms. The molecular weight excluding hydrogens is 363 g/mol. The first kappa shape index (κ1) is 13.9. The Labute approximate surface area is 123 Å². The molecule has 1 aliphatic rings. The Kier molecular flexibility index (Phi) is 4.46. The summed E-state index contributed by atoms with van der Waals surface area (Å²) in [5, 5.41) is 11.4. The molecule has 0 aromatic heterocycles. The van der Waals surface area contributed by atoms with Crippen LogP contribution in [0, 0.1) is 3.57 Å². The van der Waals surface area contributed by atoms with Gasteiger partial charge in [0.05, 0.1) is 6.54 Å². The van der Waals surface area contributed by atoms with Gasteiger partial charge < -0.3 is 14.7 Å². The summed E-state index contributed by atoms with van der Waals surface area (Å²) in [5.74, 6) is 0. The van der Waals surface area contributed by atoms with E-state index in [4.69, 9.17) is 9.84 Å². The van der Waals surface area contributed by atoms with Gasteiger partial charge in [-0.15, -0.1) is 0 Å². The van der Waals surface area contributed by atoms with E-state index < -0.39 is 12.2 Å². The average Bonchev–Trinajstić information content (AvgIpc) is 2.80. The number of carbonyl (C=O) groups excluding carboxylic acids is 1. The molecule has 1 aliphatic heterocycles. The Hall–Kier alpha value is -1.51. The average molecular weight is 376 g/mol. The first-order valence-electron chi connectivity index (χ1n) is 5.75. The number of hydrogen-bond donors (Lipinski definition) is 2. The first-order valence-corrected chi connectivity index (χ1v) is 6.83. The van der Waals surface area contributed by atoms with Gasteiger partial charge in [-0.25, -0.2) is 9.59 Å². The molecule has 0 aliphatic carbocycles. The molecule has 2 rings (SSSR count). The fourth-order valence-electron chi connectivity index (χ4n) is 1.83. The summed E-state index contributed by atoms with van der Waals surface area (Å²) in [6.45, 7) is 0.631.